The molecule has 0 aliphatic carbocycles. The molecule has 0 saturated carbocycles. The van der Waals surface area contributed by atoms with Gasteiger partial charge < -0.3 is 5.32 Å². The Morgan fingerprint density at radius 3 is 2.80 bits per heavy atom. The number of nitrogens with zero attached hydrogens (tertiary/aromatic N) is 2. The quantitative estimate of drug-likeness (QED) is 0.764. The van der Waals surface area contributed by atoms with Gasteiger partial charge in [0.1, 0.15) is 0 Å². The smallest absolute Gasteiger partial charge is 0.257 e. The monoisotopic (exact) mass is 264 g/mol. The van der Waals surface area contributed by atoms with Crippen LogP contribution in [0.15, 0.2) is 61.1 Å². The predicted octanol–water partition coefficient (Wildman–Crippen LogP) is 2.72. The lowest BCUT2D eigenvalue weighted by molar-refractivity contribution is 0.102. The van der Waals surface area contributed by atoms with Gasteiger partial charge in [0, 0.05) is 29.8 Å². The van der Waals surface area contributed by atoms with Gasteiger partial charge in [-0.1, -0.05) is 12.1 Å². The van der Waals surface area contributed by atoms with Crippen molar-refractivity contribution in [1.29, 1.82) is 0 Å². The first kappa shape index (κ1) is 12.1. The van der Waals surface area contributed by atoms with Crippen LogP contribution in [-0.2, 0) is 0 Å². The van der Waals surface area contributed by atoms with Gasteiger partial charge in [-0.2, -0.15) is 5.10 Å². The van der Waals surface area contributed by atoms with Crippen LogP contribution >= 0.6 is 0 Å². The van der Waals surface area contributed by atoms with Crippen molar-refractivity contribution in [3.63, 3.8) is 0 Å². The second-order valence-corrected chi connectivity index (χ2v) is 4.25. The highest BCUT2D eigenvalue weighted by molar-refractivity contribution is 6.04. The molecule has 1 amide bonds. The van der Waals surface area contributed by atoms with Crippen LogP contribution in [-0.4, -0.2) is 21.1 Å². The van der Waals surface area contributed by atoms with Gasteiger partial charge >= 0.3 is 0 Å². The molecule has 5 heteroatoms. The van der Waals surface area contributed by atoms with Crippen molar-refractivity contribution in [2.24, 2.45) is 0 Å². The number of carbonyl (C=O) groups is 1. The minimum atomic E-state index is -0.181. The first-order chi connectivity index (χ1) is 9.83. The third-order valence-corrected chi connectivity index (χ3v) is 2.86. The van der Waals surface area contributed by atoms with Crippen molar-refractivity contribution in [1.82, 2.24) is 15.2 Å². The topological polar surface area (TPSA) is 70.7 Å². The van der Waals surface area contributed by atoms with Crippen molar-refractivity contribution in [2.75, 3.05) is 5.32 Å². The summed E-state index contributed by atoms with van der Waals surface area (Å²) in [6.45, 7) is 0. The molecule has 2 aromatic heterocycles. The summed E-state index contributed by atoms with van der Waals surface area (Å²) in [4.78, 5) is 16.0. The number of anilines is 1. The molecule has 0 unspecified atom stereocenters. The maximum absolute atomic E-state index is 12.0. The van der Waals surface area contributed by atoms with E-state index in [2.05, 4.69) is 20.5 Å². The maximum atomic E-state index is 12.0. The number of pyridine rings is 1. The van der Waals surface area contributed by atoms with Crippen LogP contribution in [0.25, 0.3) is 11.3 Å². The molecule has 0 bridgehead atoms. The van der Waals surface area contributed by atoms with E-state index in [1.807, 2.05) is 30.3 Å². The average Bonchev–Trinajstić information content (AvgIpc) is 3.03. The van der Waals surface area contributed by atoms with E-state index in [1.165, 1.54) is 6.20 Å². The second kappa shape index (κ2) is 5.36. The lowest BCUT2D eigenvalue weighted by atomic mass is 10.1. The number of amides is 1. The summed E-state index contributed by atoms with van der Waals surface area (Å²) in [5.74, 6) is -0.181. The van der Waals surface area contributed by atoms with Gasteiger partial charge in [0.15, 0.2) is 0 Å². The van der Waals surface area contributed by atoms with Crippen LogP contribution in [0.5, 0.6) is 0 Å². The van der Waals surface area contributed by atoms with Gasteiger partial charge in [-0.3, -0.25) is 14.9 Å². The van der Waals surface area contributed by atoms with E-state index in [0.29, 0.717) is 5.56 Å². The van der Waals surface area contributed by atoms with Crippen LogP contribution < -0.4 is 5.32 Å². The van der Waals surface area contributed by atoms with Crippen LogP contribution in [0.2, 0.25) is 0 Å². The Hall–Kier alpha value is -2.95. The van der Waals surface area contributed by atoms with Crippen LogP contribution in [0.3, 0.4) is 0 Å². The number of nitrogens with one attached hydrogen (secondary N) is 2. The molecule has 20 heavy (non-hydrogen) atoms. The SMILES string of the molecule is O=C(Nc1cccc(-c2ccn[nH]2)c1)c1cccnc1. The zero-order valence-corrected chi connectivity index (χ0v) is 10.6. The number of H-pyrrole nitrogens is 1. The van der Waals surface area contributed by atoms with Crippen molar-refractivity contribution < 1.29 is 4.79 Å². The zero-order chi connectivity index (χ0) is 13.8. The highest BCUT2D eigenvalue weighted by Gasteiger charge is 2.06. The number of hydrogen-bond acceptors (Lipinski definition) is 3. The number of aromatic nitrogens is 3. The lowest BCUT2D eigenvalue weighted by Crippen LogP contribution is -2.11. The number of benzene rings is 1. The van der Waals surface area contributed by atoms with Gasteiger partial charge in [0.25, 0.3) is 5.91 Å². The van der Waals surface area contributed by atoms with E-state index in [9.17, 15) is 4.79 Å². The summed E-state index contributed by atoms with van der Waals surface area (Å²) in [6.07, 6.45) is 4.86. The van der Waals surface area contributed by atoms with Crippen molar-refractivity contribution in [2.45, 2.75) is 0 Å². The summed E-state index contributed by atoms with van der Waals surface area (Å²) in [6, 6.07) is 12.9. The fourth-order valence-corrected chi connectivity index (χ4v) is 1.88. The Kier molecular flexibility index (Phi) is 3.24. The standard InChI is InChI=1S/C15H12N4O/c20-15(12-4-2-7-16-10-12)18-13-5-1-3-11(9-13)14-6-8-17-19-14/h1-10H,(H,17,19)(H,18,20). The first-order valence-electron chi connectivity index (χ1n) is 6.14. The maximum Gasteiger partial charge on any atom is 0.257 e. The zero-order valence-electron chi connectivity index (χ0n) is 10.6. The molecule has 1 aromatic carbocycles. The molecule has 5 nitrogen and oxygen atoms in total. The molecule has 0 aliphatic heterocycles. The van der Waals surface area contributed by atoms with E-state index in [-0.39, 0.29) is 5.91 Å². The Balaban J connectivity index is 1.82. The highest BCUT2D eigenvalue weighted by atomic mass is 16.1. The van der Waals surface area contributed by atoms with Gasteiger partial charge in [-0.05, 0) is 30.3 Å². The molecule has 2 heterocycles. The van der Waals surface area contributed by atoms with E-state index in [0.717, 1.165) is 16.9 Å². The molecule has 0 fully saturated rings. The van der Waals surface area contributed by atoms with Gasteiger partial charge in [-0.25, -0.2) is 0 Å². The summed E-state index contributed by atoms with van der Waals surface area (Å²) in [5.41, 5.74) is 3.12. The summed E-state index contributed by atoms with van der Waals surface area (Å²) in [5, 5.41) is 9.66. The van der Waals surface area contributed by atoms with Crippen LogP contribution in [0.4, 0.5) is 5.69 Å². The number of hydrogen-bond donors (Lipinski definition) is 2. The van der Waals surface area contributed by atoms with Crippen LogP contribution in [0.1, 0.15) is 10.4 Å². The normalized spacial score (nSPS) is 10.2. The van der Waals surface area contributed by atoms with E-state index < -0.39 is 0 Å². The minimum Gasteiger partial charge on any atom is -0.322 e. The molecule has 0 atom stereocenters. The number of rotatable bonds is 3. The van der Waals surface area contributed by atoms with E-state index in [1.54, 1.807) is 24.5 Å². The minimum absolute atomic E-state index is 0.181. The Morgan fingerprint density at radius 2 is 2.05 bits per heavy atom. The fourth-order valence-electron chi connectivity index (χ4n) is 1.88. The van der Waals surface area contributed by atoms with Crippen molar-refractivity contribution in [3.05, 3.63) is 66.6 Å². The Labute approximate surface area is 115 Å². The predicted molar refractivity (Wildman–Crippen MR) is 76.2 cm³/mol. The third kappa shape index (κ3) is 2.56. The van der Waals surface area contributed by atoms with Gasteiger partial charge in [0.2, 0.25) is 0 Å². The Bertz CT molecular complexity index is 708. The molecule has 3 rings (SSSR count). The third-order valence-electron chi connectivity index (χ3n) is 2.86. The van der Waals surface area contributed by atoms with E-state index in [4.69, 9.17) is 0 Å². The van der Waals surface area contributed by atoms with Gasteiger partial charge in [-0.15, -0.1) is 0 Å². The van der Waals surface area contributed by atoms with Crippen LogP contribution in [0, 0.1) is 0 Å². The van der Waals surface area contributed by atoms with Gasteiger partial charge in [0.05, 0.1) is 11.3 Å². The summed E-state index contributed by atoms with van der Waals surface area (Å²) in [7, 11) is 0. The number of carbonyl (C=O) groups excluding carboxylic acids is 1. The second-order valence-electron chi connectivity index (χ2n) is 4.25. The molecule has 2 N–H and O–H groups in total. The molecule has 0 radical (unpaired) electrons. The van der Waals surface area contributed by atoms with Crippen molar-refractivity contribution >= 4 is 11.6 Å². The molecule has 0 aliphatic rings. The number of aromatic amines is 1. The summed E-state index contributed by atoms with van der Waals surface area (Å²) < 4.78 is 0. The molecule has 0 spiro atoms. The Morgan fingerprint density at radius 1 is 1.10 bits per heavy atom. The largest absolute Gasteiger partial charge is 0.322 e. The lowest BCUT2D eigenvalue weighted by Gasteiger charge is -2.06. The fraction of sp³-hybridized carbons (Fsp3) is 0. The molecule has 3 aromatic rings. The molecular formula is C15H12N4O. The molecular weight excluding hydrogens is 252 g/mol. The molecule has 98 valence electrons. The first-order valence-corrected chi connectivity index (χ1v) is 6.14. The molecule has 0 saturated heterocycles. The summed E-state index contributed by atoms with van der Waals surface area (Å²) >= 11 is 0. The van der Waals surface area contributed by atoms with E-state index >= 15 is 0 Å². The van der Waals surface area contributed by atoms with Crippen molar-refractivity contribution in [3.8, 4) is 11.3 Å². The average molecular weight is 264 g/mol. The highest BCUT2D eigenvalue weighted by Crippen LogP contribution is 2.20.